The molecule has 1 aliphatic carbocycles. The van der Waals surface area contributed by atoms with Crippen LogP contribution in [-0.4, -0.2) is 45.9 Å². The van der Waals surface area contributed by atoms with Crippen molar-refractivity contribution in [1.82, 2.24) is 15.1 Å². The van der Waals surface area contributed by atoms with E-state index in [9.17, 15) is 4.79 Å². The summed E-state index contributed by atoms with van der Waals surface area (Å²) in [6.07, 6.45) is 1.95. The number of halogens is 1. The highest BCUT2D eigenvalue weighted by molar-refractivity contribution is 14.1. The third-order valence-electron chi connectivity index (χ3n) is 4.39. The lowest BCUT2D eigenvalue weighted by Crippen LogP contribution is -2.36. The lowest BCUT2D eigenvalue weighted by Gasteiger charge is -2.25. The minimum absolute atomic E-state index is 0.181. The minimum Gasteiger partial charge on any atom is -0.444 e. The fourth-order valence-electron chi connectivity index (χ4n) is 3.50. The van der Waals surface area contributed by atoms with Gasteiger partial charge in [0.05, 0.1) is 0 Å². The van der Waals surface area contributed by atoms with E-state index in [2.05, 4.69) is 38.1 Å². The number of likely N-dealkylation sites (tertiary alicyclic amines) is 1. The molecular formula is C16H23IN4O2. The van der Waals surface area contributed by atoms with Crippen LogP contribution < -0.4 is 5.32 Å². The molecule has 1 aromatic rings. The van der Waals surface area contributed by atoms with E-state index in [1.165, 1.54) is 0 Å². The van der Waals surface area contributed by atoms with Gasteiger partial charge in [-0.05, 0) is 80.2 Å². The standard InChI is InChI=1S/C16H23IN4O2/c1-16(2,3)23-15(22)21-8-10-6-12(7-11(10)9-21)18-14-5-4-13(17)19-20-14/h4-5,10-12H,6-9H2,1-3H3,(H,18,20)/t10-,11+,12?. The van der Waals surface area contributed by atoms with Crippen LogP contribution in [0.2, 0.25) is 0 Å². The molecule has 1 aromatic heterocycles. The maximum atomic E-state index is 12.2. The van der Waals surface area contributed by atoms with Gasteiger partial charge in [-0.2, -0.15) is 0 Å². The third kappa shape index (κ3) is 4.24. The van der Waals surface area contributed by atoms with Crippen LogP contribution in [0, 0.1) is 15.5 Å². The van der Waals surface area contributed by atoms with Crippen LogP contribution in [0.15, 0.2) is 12.1 Å². The Bertz CT molecular complexity index is 558. The molecule has 0 spiro atoms. The summed E-state index contributed by atoms with van der Waals surface area (Å²) in [6.45, 7) is 7.32. The molecule has 7 heteroatoms. The quantitative estimate of drug-likeness (QED) is 0.731. The predicted octanol–water partition coefficient (Wildman–Crippen LogP) is 3.14. The first-order valence-electron chi connectivity index (χ1n) is 8.04. The zero-order valence-electron chi connectivity index (χ0n) is 13.8. The number of nitrogens with zero attached hydrogens (tertiary/aromatic N) is 3. The molecule has 2 heterocycles. The summed E-state index contributed by atoms with van der Waals surface area (Å²) in [7, 11) is 0. The van der Waals surface area contributed by atoms with Crippen molar-refractivity contribution in [2.24, 2.45) is 11.8 Å². The topological polar surface area (TPSA) is 67.3 Å². The second-order valence-corrected chi connectivity index (χ2v) is 8.56. The number of fused-ring (bicyclic) bond motifs is 1. The van der Waals surface area contributed by atoms with Gasteiger partial charge < -0.3 is 15.0 Å². The van der Waals surface area contributed by atoms with Crippen LogP contribution in [0.4, 0.5) is 10.6 Å². The van der Waals surface area contributed by atoms with E-state index in [1.54, 1.807) is 0 Å². The van der Waals surface area contributed by atoms with Crippen LogP contribution >= 0.6 is 22.6 Å². The molecule has 2 fully saturated rings. The molecule has 1 unspecified atom stereocenters. The third-order valence-corrected chi connectivity index (χ3v) is 4.96. The maximum Gasteiger partial charge on any atom is 0.410 e. The molecule has 3 rings (SSSR count). The van der Waals surface area contributed by atoms with Crippen molar-refractivity contribution >= 4 is 34.5 Å². The van der Waals surface area contributed by atoms with Gasteiger partial charge in [0, 0.05) is 19.1 Å². The Morgan fingerprint density at radius 2 is 1.91 bits per heavy atom. The summed E-state index contributed by atoms with van der Waals surface area (Å²) in [5.41, 5.74) is -0.428. The monoisotopic (exact) mass is 430 g/mol. The molecule has 1 saturated heterocycles. The fourth-order valence-corrected chi connectivity index (χ4v) is 3.78. The molecule has 0 aromatic carbocycles. The summed E-state index contributed by atoms with van der Waals surface area (Å²) in [6, 6.07) is 4.34. The average molecular weight is 430 g/mol. The van der Waals surface area contributed by atoms with Gasteiger partial charge in [-0.1, -0.05) is 0 Å². The normalized spacial score (nSPS) is 27.0. The number of ether oxygens (including phenoxy) is 1. The summed E-state index contributed by atoms with van der Waals surface area (Å²) in [4.78, 5) is 14.0. The second kappa shape index (κ2) is 6.41. The molecule has 2 aliphatic rings. The first kappa shape index (κ1) is 16.7. The van der Waals surface area contributed by atoms with Gasteiger partial charge in [0.25, 0.3) is 0 Å². The molecule has 0 bridgehead atoms. The Balaban J connectivity index is 1.51. The van der Waals surface area contributed by atoms with E-state index < -0.39 is 5.60 Å². The maximum absolute atomic E-state index is 12.2. The summed E-state index contributed by atoms with van der Waals surface area (Å²) < 4.78 is 6.37. The lowest BCUT2D eigenvalue weighted by molar-refractivity contribution is 0.0280. The van der Waals surface area contributed by atoms with Crippen LogP contribution in [0.1, 0.15) is 33.6 Å². The fraction of sp³-hybridized carbons (Fsp3) is 0.688. The highest BCUT2D eigenvalue weighted by atomic mass is 127. The number of hydrogen-bond acceptors (Lipinski definition) is 5. The largest absolute Gasteiger partial charge is 0.444 e. The van der Waals surface area contributed by atoms with Gasteiger partial charge in [0.1, 0.15) is 15.1 Å². The molecule has 6 nitrogen and oxygen atoms in total. The second-order valence-electron chi connectivity index (χ2n) is 7.46. The van der Waals surface area contributed by atoms with Crippen molar-refractivity contribution in [2.75, 3.05) is 18.4 Å². The number of amides is 1. The Hall–Kier alpha value is -1.12. The van der Waals surface area contributed by atoms with Gasteiger partial charge >= 0.3 is 6.09 Å². The van der Waals surface area contributed by atoms with Crippen molar-refractivity contribution in [3.63, 3.8) is 0 Å². The van der Waals surface area contributed by atoms with E-state index >= 15 is 0 Å². The van der Waals surface area contributed by atoms with Gasteiger partial charge in [-0.25, -0.2) is 4.79 Å². The van der Waals surface area contributed by atoms with E-state index in [4.69, 9.17) is 4.74 Å². The van der Waals surface area contributed by atoms with Crippen LogP contribution in [-0.2, 0) is 4.74 Å². The lowest BCUT2D eigenvalue weighted by atomic mass is 10.0. The Kier molecular flexibility index (Phi) is 4.66. The number of aromatic nitrogens is 2. The van der Waals surface area contributed by atoms with Gasteiger partial charge in [-0.15, -0.1) is 10.2 Å². The Morgan fingerprint density at radius 3 is 2.43 bits per heavy atom. The Morgan fingerprint density at radius 1 is 1.26 bits per heavy atom. The molecule has 23 heavy (non-hydrogen) atoms. The van der Waals surface area contributed by atoms with Crippen molar-refractivity contribution < 1.29 is 9.53 Å². The molecule has 1 saturated carbocycles. The van der Waals surface area contributed by atoms with E-state index in [-0.39, 0.29) is 6.09 Å². The van der Waals surface area contributed by atoms with Crippen molar-refractivity contribution in [3.05, 3.63) is 15.8 Å². The van der Waals surface area contributed by atoms with E-state index in [0.717, 1.165) is 35.4 Å². The van der Waals surface area contributed by atoms with Crippen LogP contribution in [0.25, 0.3) is 0 Å². The van der Waals surface area contributed by atoms with Crippen LogP contribution in [0.3, 0.4) is 0 Å². The number of rotatable bonds is 2. The zero-order valence-corrected chi connectivity index (χ0v) is 15.9. The van der Waals surface area contributed by atoms with Crippen molar-refractivity contribution in [1.29, 1.82) is 0 Å². The summed E-state index contributed by atoms with van der Waals surface area (Å²) in [5, 5.41) is 11.7. The van der Waals surface area contributed by atoms with Gasteiger partial charge in [-0.3, -0.25) is 0 Å². The average Bonchev–Trinajstić information content (AvgIpc) is 2.97. The number of anilines is 1. The number of carbonyl (C=O) groups excluding carboxylic acids is 1. The molecular weight excluding hydrogens is 407 g/mol. The van der Waals surface area contributed by atoms with E-state index in [1.807, 2.05) is 37.8 Å². The number of nitrogens with one attached hydrogen (secondary N) is 1. The summed E-state index contributed by atoms with van der Waals surface area (Å²) >= 11 is 2.15. The summed E-state index contributed by atoms with van der Waals surface area (Å²) in [5.74, 6) is 1.94. The van der Waals surface area contributed by atoms with Crippen molar-refractivity contribution in [2.45, 2.75) is 45.3 Å². The zero-order chi connectivity index (χ0) is 16.6. The predicted molar refractivity (Wildman–Crippen MR) is 96.2 cm³/mol. The Labute approximate surface area is 150 Å². The molecule has 1 amide bonds. The smallest absolute Gasteiger partial charge is 0.410 e. The van der Waals surface area contributed by atoms with Crippen LogP contribution in [0.5, 0.6) is 0 Å². The van der Waals surface area contributed by atoms with E-state index in [0.29, 0.717) is 17.9 Å². The molecule has 0 radical (unpaired) electrons. The highest BCUT2D eigenvalue weighted by Crippen LogP contribution is 2.39. The SMILES string of the molecule is CC(C)(C)OC(=O)N1C[C@H]2CC(Nc3ccc(I)nn3)C[C@H]2C1. The molecule has 1 aliphatic heterocycles. The molecule has 126 valence electrons. The molecule has 3 atom stereocenters. The highest BCUT2D eigenvalue weighted by Gasteiger charge is 2.43. The van der Waals surface area contributed by atoms with Crippen molar-refractivity contribution in [3.8, 4) is 0 Å². The first-order valence-corrected chi connectivity index (χ1v) is 9.12. The number of carbonyl (C=O) groups is 1. The molecule has 1 N–H and O–H groups in total. The minimum atomic E-state index is -0.428. The van der Waals surface area contributed by atoms with Gasteiger partial charge in [0.2, 0.25) is 0 Å². The number of hydrogen-bond donors (Lipinski definition) is 1. The van der Waals surface area contributed by atoms with Gasteiger partial charge in [0.15, 0.2) is 0 Å². The first-order chi connectivity index (χ1) is 10.8.